The van der Waals surface area contributed by atoms with Crippen LogP contribution in [0.5, 0.6) is 0 Å². The lowest BCUT2D eigenvalue weighted by atomic mass is 10.1. The van der Waals surface area contributed by atoms with Crippen molar-refractivity contribution in [1.29, 1.82) is 0 Å². The molecule has 1 aliphatic rings. The summed E-state index contributed by atoms with van der Waals surface area (Å²) in [4.78, 5) is 9.04. The first kappa shape index (κ1) is 16.1. The third-order valence-corrected chi connectivity index (χ3v) is 4.67. The van der Waals surface area contributed by atoms with Crippen molar-refractivity contribution in [3.05, 3.63) is 53.6 Å². The summed E-state index contributed by atoms with van der Waals surface area (Å²) in [6.45, 7) is 6.59. The Balaban J connectivity index is 1.57. The van der Waals surface area contributed by atoms with Gasteiger partial charge in [0.05, 0.1) is 6.54 Å². The standard InChI is InChI=1S/C17H22F2N4/c1-13(14-3-4-15(18)16(19)11-14)23-9-7-22(8-10-23)12-17-20-5-6-21(17)2/h3-6,11,13H,7-10,12H2,1-2H3/t13-/m0/s1. The molecule has 1 fully saturated rings. The smallest absolute Gasteiger partial charge is 0.159 e. The molecule has 2 heterocycles. The minimum absolute atomic E-state index is 0.0837. The lowest BCUT2D eigenvalue weighted by Crippen LogP contribution is -2.46. The second-order valence-corrected chi connectivity index (χ2v) is 6.12. The Hall–Kier alpha value is -1.79. The van der Waals surface area contributed by atoms with Crippen molar-refractivity contribution in [1.82, 2.24) is 19.4 Å². The van der Waals surface area contributed by atoms with Crippen LogP contribution >= 0.6 is 0 Å². The van der Waals surface area contributed by atoms with E-state index in [0.717, 1.165) is 44.1 Å². The SMILES string of the molecule is C[C@@H](c1ccc(F)c(F)c1)N1CCN(Cc2nccn2C)CC1. The maximum Gasteiger partial charge on any atom is 0.159 e. The van der Waals surface area contributed by atoms with Gasteiger partial charge in [-0.3, -0.25) is 9.80 Å². The zero-order valence-corrected chi connectivity index (χ0v) is 13.5. The highest BCUT2D eigenvalue weighted by atomic mass is 19.2. The van der Waals surface area contributed by atoms with Crippen molar-refractivity contribution in [2.24, 2.45) is 7.05 Å². The predicted octanol–water partition coefficient (Wildman–Crippen LogP) is 2.58. The molecule has 0 unspecified atom stereocenters. The van der Waals surface area contributed by atoms with E-state index >= 15 is 0 Å². The van der Waals surface area contributed by atoms with E-state index < -0.39 is 11.6 Å². The van der Waals surface area contributed by atoms with E-state index in [2.05, 4.69) is 14.8 Å². The van der Waals surface area contributed by atoms with Crippen molar-refractivity contribution in [2.75, 3.05) is 26.2 Å². The summed E-state index contributed by atoms with van der Waals surface area (Å²) in [5.74, 6) is -0.504. The molecule has 4 nitrogen and oxygen atoms in total. The molecule has 0 bridgehead atoms. The van der Waals surface area contributed by atoms with Gasteiger partial charge in [0, 0.05) is 51.7 Å². The summed E-state index contributed by atoms with van der Waals surface area (Å²) >= 11 is 0. The van der Waals surface area contributed by atoms with Gasteiger partial charge in [-0.05, 0) is 24.6 Å². The molecule has 0 saturated carbocycles. The summed E-state index contributed by atoms with van der Waals surface area (Å²) in [6, 6.07) is 4.27. The Labute approximate surface area is 135 Å². The number of nitrogens with zero attached hydrogens (tertiary/aromatic N) is 4. The summed E-state index contributed by atoms with van der Waals surface area (Å²) in [6.07, 6.45) is 3.77. The quantitative estimate of drug-likeness (QED) is 0.865. The molecule has 0 spiro atoms. The maximum absolute atomic E-state index is 13.4. The van der Waals surface area contributed by atoms with Crippen LogP contribution in [0, 0.1) is 11.6 Å². The predicted molar refractivity (Wildman–Crippen MR) is 84.8 cm³/mol. The Morgan fingerprint density at radius 2 is 1.87 bits per heavy atom. The van der Waals surface area contributed by atoms with Gasteiger partial charge in [-0.1, -0.05) is 6.07 Å². The van der Waals surface area contributed by atoms with Crippen LogP contribution in [0.1, 0.15) is 24.4 Å². The minimum atomic E-state index is -0.791. The second kappa shape index (κ2) is 6.76. The highest BCUT2D eigenvalue weighted by Gasteiger charge is 2.23. The number of hydrogen-bond donors (Lipinski definition) is 0. The molecule has 0 aliphatic carbocycles. The number of aromatic nitrogens is 2. The van der Waals surface area contributed by atoms with Gasteiger partial charge < -0.3 is 4.57 Å². The van der Waals surface area contributed by atoms with Crippen molar-refractivity contribution in [3.63, 3.8) is 0 Å². The monoisotopic (exact) mass is 320 g/mol. The first-order valence-corrected chi connectivity index (χ1v) is 7.92. The minimum Gasteiger partial charge on any atom is -0.337 e. The van der Waals surface area contributed by atoms with Crippen LogP contribution in [0.3, 0.4) is 0 Å². The van der Waals surface area contributed by atoms with Crippen LogP contribution in [-0.2, 0) is 13.6 Å². The van der Waals surface area contributed by atoms with Crippen molar-refractivity contribution in [3.8, 4) is 0 Å². The first-order chi connectivity index (χ1) is 11.0. The van der Waals surface area contributed by atoms with E-state index in [1.165, 1.54) is 12.1 Å². The molecule has 124 valence electrons. The Morgan fingerprint density at radius 1 is 1.13 bits per heavy atom. The number of piperazine rings is 1. The molecule has 23 heavy (non-hydrogen) atoms. The third kappa shape index (κ3) is 3.59. The van der Waals surface area contributed by atoms with Crippen LogP contribution in [0.4, 0.5) is 8.78 Å². The highest BCUT2D eigenvalue weighted by Crippen LogP contribution is 2.23. The molecule has 2 aromatic rings. The van der Waals surface area contributed by atoms with Gasteiger partial charge in [-0.15, -0.1) is 0 Å². The number of halogens is 2. The average Bonchev–Trinajstić information content (AvgIpc) is 2.95. The molecule has 0 radical (unpaired) electrons. The first-order valence-electron chi connectivity index (χ1n) is 7.92. The molecule has 1 atom stereocenters. The highest BCUT2D eigenvalue weighted by molar-refractivity contribution is 5.21. The molecule has 1 saturated heterocycles. The van der Waals surface area contributed by atoms with Gasteiger partial charge in [0.2, 0.25) is 0 Å². The van der Waals surface area contributed by atoms with Gasteiger partial charge in [-0.25, -0.2) is 13.8 Å². The van der Waals surface area contributed by atoms with Gasteiger partial charge in [0.1, 0.15) is 5.82 Å². The number of benzene rings is 1. The fraction of sp³-hybridized carbons (Fsp3) is 0.471. The molecular formula is C17H22F2N4. The molecule has 1 aromatic carbocycles. The number of rotatable bonds is 4. The van der Waals surface area contributed by atoms with Crippen LogP contribution in [-0.4, -0.2) is 45.5 Å². The average molecular weight is 320 g/mol. The van der Waals surface area contributed by atoms with Gasteiger partial charge >= 0.3 is 0 Å². The molecule has 3 rings (SSSR count). The molecular weight excluding hydrogens is 298 g/mol. The van der Waals surface area contributed by atoms with Crippen LogP contribution in [0.15, 0.2) is 30.6 Å². The lowest BCUT2D eigenvalue weighted by molar-refractivity contribution is 0.0955. The fourth-order valence-corrected chi connectivity index (χ4v) is 3.04. The van der Waals surface area contributed by atoms with Gasteiger partial charge in [0.15, 0.2) is 11.6 Å². The Bertz CT molecular complexity index is 662. The number of aryl methyl sites for hydroxylation is 1. The van der Waals surface area contributed by atoms with Crippen molar-refractivity contribution < 1.29 is 8.78 Å². The summed E-state index contributed by atoms with van der Waals surface area (Å²) in [5, 5.41) is 0. The third-order valence-electron chi connectivity index (χ3n) is 4.67. The van der Waals surface area contributed by atoms with E-state index in [1.54, 1.807) is 6.07 Å². The fourth-order valence-electron chi connectivity index (χ4n) is 3.04. The van der Waals surface area contributed by atoms with Gasteiger partial charge in [-0.2, -0.15) is 0 Å². The summed E-state index contributed by atoms with van der Waals surface area (Å²) in [7, 11) is 2.00. The van der Waals surface area contributed by atoms with Crippen molar-refractivity contribution >= 4 is 0 Å². The van der Waals surface area contributed by atoms with E-state index in [1.807, 2.05) is 30.9 Å². The van der Waals surface area contributed by atoms with Gasteiger partial charge in [0.25, 0.3) is 0 Å². The molecule has 6 heteroatoms. The summed E-state index contributed by atoms with van der Waals surface area (Å²) in [5.41, 5.74) is 0.821. The second-order valence-electron chi connectivity index (χ2n) is 6.12. The van der Waals surface area contributed by atoms with E-state index in [0.29, 0.717) is 0 Å². The van der Waals surface area contributed by atoms with E-state index in [4.69, 9.17) is 0 Å². The lowest BCUT2D eigenvalue weighted by Gasteiger charge is -2.38. The maximum atomic E-state index is 13.4. The zero-order valence-electron chi connectivity index (χ0n) is 13.5. The van der Waals surface area contributed by atoms with E-state index in [9.17, 15) is 8.78 Å². The van der Waals surface area contributed by atoms with Crippen molar-refractivity contribution in [2.45, 2.75) is 19.5 Å². The largest absolute Gasteiger partial charge is 0.337 e. The number of imidazole rings is 1. The molecule has 0 amide bonds. The Kier molecular flexibility index (Phi) is 4.73. The molecule has 1 aliphatic heterocycles. The zero-order chi connectivity index (χ0) is 16.4. The van der Waals surface area contributed by atoms with Crippen LogP contribution in [0.2, 0.25) is 0 Å². The molecule has 1 aromatic heterocycles. The summed E-state index contributed by atoms with van der Waals surface area (Å²) < 4.78 is 28.5. The normalized spacial score (nSPS) is 18.3. The number of hydrogen-bond acceptors (Lipinski definition) is 3. The van der Waals surface area contributed by atoms with Crippen LogP contribution < -0.4 is 0 Å². The molecule has 0 N–H and O–H groups in total. The van der Waals surface area contributed by atoms with Crippen LogP contribution in [0.25, 0.3) is 0 Å². The topological polar surface area (TPSA) is 24.3 Å². The Morgan fingerprint density at radius 3 is 2.48 bits per heavy atom. The van der Waals surface area contributed by atoms with E-state index in [-0.39, 0.29) is 6.04 Å².